The van der Waals surface area contributed by atoms with Crippen molar-refractivity contribution < 1.29 is 23.1 Å². The number of rotatable bonds is 5. The molecule has 0 bridgehead atoms. The van der Waals surface area contributed by atoms with Gasteiger partial charge in [-0.25, -0.2) is 8.42 Å². The predicted molar refractivity (Wildman–Crippen MR) is 99.5 cm³/mol. The number of hydrogen-bond acceptors (Lipinski definition) is 4. The van der Waals surface area contributed by atoms with Gasteiger partial charge >= 0.3 is 5.97 Å². The summed E-state index contributed by atoms with van der Waals surface area (Å²) in [5, 5.41) is 8.92. The topological polar surface area (TPSA) is 95.0 Å². The third-order valence-electron chi connectivity index (χ3n) is 5.48. The molecule has 0 aromatic heterocycles. The number of aliphatic carboxylic acids is 1. The van der Waals surface area contributed by atoms with Gasteiger partial charge in [-0.2, -0.15) is 4.31 Å². The maximum absolute atomic E-state index is 13.1. The molecule has 0 spiro atoms. The molecule has 2 fully saturated rings. The van der Waals surface area contributed by atoms with Gasteiger partial charge in [0.25, 0.3) is 0 Å². The van der Waals surface area contributed by atoms with Crippen LogP contribution in [-0.4, -0.2) is 60.3 Å². The molecule has 1 aromatic rings. The lowest BCUT2D eigenvalue weighted by Gasteiger charge is -2.39. The van der Waals surface area contributed by atoms with Crippen LogP contribution in [-0.2, 0) is 19.6 Å². The van der Waals surface area contributed by atoms with E-state index in [0.29, 0.717) is 38.9 Å². The molecule has 0 saturated carbocycles. The number of carboxylic acids is 1. The lowest BCUT2D eigenvalue weighted by Crippen LogP contribution is -2.54. The molecule has 2 heterocycles. The number of carbonyl (C=O) groups is 2. The second-order valence-electron chi connectivity index (χ2n) is 7.31. The highest BCUT2D eigenvalue weighted by Gasteiger charge is 2.40. The Labute approximate surface area is 160 Å². The van der Waals surface area contributed by atoms with Crippen molar-refractivity contribution in [3.8, 4) is 0 Å². The van der Waals surface area contributed by atoms with Crippen LogP contribution in [0.25, 0.3) is 0 Å². The highest BCUT2D eigenvalue weighted by atomic mass is 32.2. The fourth-order valence-electron chi connectivity index (χ4n) is 3.98. The molecule has 0 aliphatic carbocycles. The number of carbonyl (C=O) groups excluding carboxylic acids is 1. The van der Waals surface area contributed by atoms with Crippen molar-refractivity contribution in [2.75, 3.05) is 19.6 Å². The number of likely N-dealkylation sites (tertiary alicyclic amines) is 1. The van der Waals surface area contributed by atoms with Crippen LogP contribution in [0.5, 0.6) is 0 Å². The number of benzene rings is 1. The van der Waals surface area contributed by atoms with Crippen LogP contribution >= 0.6 is 0 Å². The Bertz CT molecular complexity index is 773. The smallest absolute Gasteiger partial charge is 0.303 e. The Morgan fingerprint density at radius 1 is 1.00 bits per heavy atom. The average molecular weight is 394 g/mol. The van der Waals surface area contributed by atoms with E-state index in [4.69, 9.17) is 5.11 Å². The third-order valence-corrected chi connectivity index (χ3v) is 7.40. The molecule has 1 atom stereocenters. The first-order valence-corrected chi connectivity index (χ1v) is 10.9. The first-order valence-electron chi connectivity index (χ1n) is 9.47. The fraction of sp³-hybridized carbons (Fsp3) is 0.579. The monoisotopic (exact) mass is 394 g/mol. The highest BCUT2D eigenvalue weighted by Crippen LogP contribution is 2.28. The Morgan fingerprint density at radius 3 is 2.30 bits per heavy atom. The van der Waals surface area contributed by atoms with Crippen LogP contribution in [0.1, 0.15) is 38.5 Å². The van der Waals surface area contributed by atoms with Gasteiger partial charge in [-0.3, -0.25) is 9.59 Å². The van der Waals surface area contributed by atoms with E-state index in [0.717, 1.165) is 12.8 Å². The molecule has 2 saturated heterocycles. The van der Waals surface area contributed by atoms with Crippen LogP contribution in [0.3, 0.4) is 0 Å². The molecule has 8 heteroatoms. The van der Waals surface area contributed by atoms with E-state index < -0.39 is 22.0 Å². The molecule has 2 aliphatic heterocycles. The van der Waals surface area contributed by atoms with E-state index in [1.165, 1.54) is 4.31 Å². The standard InChI is InChI=1S/C19H26N2O5S/c22-18(23)14-15-9-12-20(13-10-15)19(24)17-8-4-5-11-21(17)27(25,26)16-6-2-1-3-7-16/h1-3,6-7,15,17H,4-5,8-14H2,(H,22,23). The van der Waals surface area contributed by atoms with Crippen molar-refractivity contribution in [1.29, 1.82) is 0 Å². The molecule has 1 unspecified atom stereocenters. The van der Waals surface area contributed by atoms with Crippen LogP contribution in [0, 0.1) is 5.92 Å². The second-order valence-corrected chi connectivity index (χ2v) is 9.20. The molecule has 1 amide bonds. The van der Waals surface area contributed by atoms with E-state index >= 15 is 0 Å². The normalized spacial score (nSPS) is 22.5. The Morgan fingerprint density at radius 2 is 1.67 bits per heavy atom. The number of sulfonamides is 1. The van der Waals surface area contributed by atoms with E-state index in [1.54, 1.807) is 35.2 Å². The minimum Gasteiger partial charge on any atom is -0.481 e. The molecular formula is C19H26N2O5S. The predicted octanol–water partition coefficient (Wildman–Crippen LogP) is 1.94. The van der Waals surface area contributed by atoms with E-state index in [2.05, 4.69) is 0 Å². The van der Waals surface area contributed by atoms with Crippen molar-refractivity contribution >= 4 is 21.9 Å². The molecule has 2 aliphatic rings. The first-order chi connectivity index (χ1) is 12.9. The summed E-state index contributed by atoms with van der Waals surface area (Å²) in [6, 6.07) is 7.58. The number of hydrogen-bond donors (Lipinski definition) is 1. The van der Waals surface area contributed by atoms with Crippen LogP contribution in [0.15, 0.2) is 35.2 Å². The average Bonchev–Trinajstić information content (AvgIpc) is 2.68. The molecule has 148 valence electrons. The molecule has 1 N–H and O–H groups in total. The molecule has 1 aromatic carbocycles. The third kappa shape index (κ3) is 4.50. The van der Waals surface area contributed by atoms with E-state index in [1.807, 2.05) is 0 Å². The van der Waals surface area contributed by atoms with E-state index in [9.17, 15) is 18.0 Å². The van der Waals surface area contributed by atoms with Gasteiger partial charge in [0.15, 0.2) is 0 Å². The maximum Gasteiger partial charge on any atom is 0.303 e. The summed E-state index contributed by atoms with van der Waals surface area (Å²) < 4.78 is 27.5. The summed E-state index contributed by atoms with van der Waals surface area (Å²) in [5.74, 6) is -0.878. The Kier molecular flexibility index (Phi) is 6.16. The van der Waals surface area contributed by atoms with Crippen LogP contribution in [0.4, 0.5) is 0 Å². The number of carboxylic acid groups (broad SMARTS) is 1. The summed E-state index contributed by atoms with van der Waals surface area (Å²) in [6.45, 7) is 1.34. The second kappa shape index (κ2) is 8.39. The Balaban J connectivity index is 1.72. The minimum atomic E-state index is -3.71. The van der Waals surface area contributed by atoms with Gasteiger partial charge < -0.3 is 10.0 Å². The van der Waals surface area contributed by atoms with Gasteiger partial charge in [-0.15, -0.1) is 0 Å². The molecule has 0 radical (unpaired) electrons. The van der Waals surface area contributed by atoms with Crippen molar-refractivity contribution in [2.24, 2.45) is 5.92 Å². The SMILES string of the molecule is O=C(O)CC1CCN(C(=O)C2CCCCN2S(=O)(=O)c2ccccc2)CC1. The maximum atomic E-state index is 13.1. The molecule has 7 nitrogen and oxygen atoms in total. The van der Waals surface area contributed by atoms with Crippen molar-refractivity contribution in [2.45, 2.75) is 49.5 Å². The number of amides is 1. The number of piperidine rings is 2. The zero-order valence-electron chi connectivity index (χ0n) is 15.3. The van der Waals surface area contributed by atoms with Gasteiger partial charge in [0.2, 0.25) is 15.9 Å². The lowest BCUT2D eigenvalue weighted by atomic mass is 9.93. The molecule has 3 rings (SSSR count). The summed E-state index contributed by atoms with van der Waals surface area (Å²) in [5.41, 5.74) is 0. The van der Waals surface area contributed by atoms with Crippen LogP contribution in [0.2, 0.25) is 0 Å². The van der Waals surface area contributed by atoms with Gasteiger partial charge in [-0.05, 0) is 43.7 Å². The summed E-state index contributed by atoms with van der Waals surface area (Å²) in [4.78, 5) is 25.9. The highest BCUT2D eigenvalue weighted by molar-refractivity contribution is 7.89. The largest absolute Gasteiger partial charge is 0.481 e. The quantitative estimate of drug-likeness (QED) is 0.824. The lowest BCUT2D eigenvalue weighted by molar-refractivity contribution is -0.139. The van der Waals surface area contributed by atoms with Gasteiger partial charge in [-0.1, -0.05) is 24.6 Å². The van der Waals surface area contributed by atoms with E-state index in [-0.39, 0.29) is 23.1 Å². The first kappa shape index (κ1) is 19.8. The fourth-order valence-corrected chi connectivity index (χ4v) is 5.65. The molecular weight excluding hydrogens is 368 g/mol. The zero-order chi connectivity index (χ0) is 19.4. The van der Waals surface area contributed by atoms with Crippen molar-refractivity contribution in [3.63, 3.8) is 0 Å². The Hall–Kier alpha value is -1.93. The van der Waals surface area contributed by atoms with Crippen molar-refractivity contribution in [1.82, 2.24) is 9.21 Å². The van der Waals surface area contributed by atoms with Crippen LogP contribution < -0.4 is 0 Å². The van der Waals surface area contributed by atoms with Gasteiger partial charge in [0.05, 0.1) is 4.90 Å². The summed E-state index contributed by atoms with van der Waals surface area (Å²) in [7, 11) is -3.71. The molecule has 27 heavy (non-hydrogen) atoms. The summed E-state index contributed by atoms with van der Waals surface area (Å²) >= 11 is 0. The zero-order valence-corrected chi connectivity index (χ0v) is 16.1. The van der Waals surface area contributed by atoms with Gasteiger partial charge in [0, 0.05) is 26.1 Å². The number of nitrogens with zero attached hydrogens (tertiary/aromatic N) is 2. The van der Waals surface area contributed by atoms with Gasteiger partial charge in [0.1, 0.15) is 6.04 Å². The summed E-state index contributed by atoms with van der Waals surface area (Å²) in [6.07, 6.45) is 3.52. The van der Waals surface area contributed by atoms with Crippen molar-refractivity contribution in [3.05, 3.63) is 30.3 Å². The minimum absolute atomic E-state index is 0.0852.